The van der Waals surface area contributed by atoms with Crippen molar-refractivity contribution >= 4 is 27.5 Å². The van der Waals surface area contributed by atoms with Crippen molar-refractivity contribution < 1.29 is 0 Å². The molecule has 14 heavy (non-hydrogen) atoms. The van der Waals surface area contributed by atoms with Crippen LogP contribution in [-0.2, 0) is 0 Å². The third-order valence-corrected chi connectivity index (χ3v) is 11.2. The standard InChI is InChI=1S/C12H18SeSi/c1-5-12(14(2,3)4)13-11-9-7-6-8-10-11/h5-10,12H,1H2,2-4H3. The zero-order chi connectivity index (χ0) is 10.6. The van der Waals surface area contributed by atoms with Gasteiger partial charge in [0.15, 0.2) is 0 Å². The summed E-state index contributed by atoms with van der Waals surface area (Å²) in [5.41, 5.74) is 0. The molecule has 0 spiro atoms. The van der Waals surface area contributed by atoms with Gasteiger partial charge in [-0.3, -0.25) is 0 Å². The van der Waals surface area contributed by atoms with Gasteiger partial charge in [-0.05, 0) is 0 Å². The molecule has 1 aromatic rings. The quantitative estimate of drug-likeness (QED) is 0.582. The van der Waals surface area contributed by atoms with Crippen molar-refractivity contribution in [1.82, 2.24) is 0 Å². The van der Waals surface area contributed by atoms with Crippen molar-refractivity contribution in [3.63, 3.8) is 0 Å². The Hall–Kier alpha value is -0.304. The van der Waals surface area contributed by atoms with Crippen molar-refractivity contribution in [3.05, 3.63) is 43.0 Å². The van der Waals surface area contributed by atoms with E-state index in [2.05, 4.69) is 62.6 Å². The third kappa shape index (κ3) is 3.45. The molecule has 1 unspecified atom stereocenters. The van der Waals surface area contributed by atoms with Gasteiger partial charge in [-0.15, -0.1) is 0 Å². The second kappa shape index (κ2) is 4.97. The Bertz CT molecular complexity index is 287. The molecule has 76 valence electrons. The molecule has 0 saturated heterocycles. The molecular weight excluding hydrogens is 251 g/mol. The Balaban J connectivity index is 2.72. The van der Waals surface area contributed by atoms with Gasteiger partial charge in [-0.2, -0.15) is 0 Å². The molecule has 0 aromatic heterocycles. The van der Waals surface area contributed by atoms with Gasteiger partial charge in [-0.1, -0.05) is 0 Å². The van der Waals surface area contributed by atoms with E-state index in [1.54, 1.807) is 0 Å². The molecule has 2 heteroatoms. The summed E-state index contributed by atoms with van der Waals surface area (Å²) >= 11 is 0.563. The maximum absolute atomic E-state index is 3.97. The number of hydrogen-bond acceptors (Lipinski definition) is 0. The van der Waals surface area contributed by atoms with Crippen LogP contribution in [0.5, 0.6) is 0 Å². The van der Waals surface area contributed by atoms with Crippen LogP contribution < -0.4 is 4.46 Å². The summed E-state index contributed by atoms with van der Waals surface area (Å²) in [7, 11) is -1.06. The molecular formula is C12H18SeSi. The summed E-state index contributed by atoms with van der Waals surface area (Å²) in [5, 5.41) is 0. The SMILES string of the molecule is C=CC([Se]c1ccccc1)[Si](C)(C)C. The Morgan fingerprint density at radius 2 is 1.79 bits per heavy atom. The van der Waals surface area contributed by atoms with Crippen LogP contribution in [0.15, 0.2) is 43.0 Å². The number of rotatable bonds is 4. The van der Waals surface area contributed by atoms with Gasteiger partial charge >= 0.3 is 94.6 Å². The van der Waals surface area contributed by atoms with Crippen LogP contribution in [0, 0.1) is 0 Å². The molecule has 0 heterocycles. The second-order valence-corrected chi connectivity index (χ2v) is 13.3. The van der Waals surface area contributed by atoms with Gasteiger partial charge in [0.1, 0.15) is 0 Å². The summed E-state index contributed by atoms with van der Waals surface area (Å²) in [6.07, 6.45) is 2.17. The zero-order valence-electron chi connectivity index (χ0n) is 9.16. The molecule has 0 nitrogen and oxygen atoms in total. The number of allylic oxidation sites excluding steroid dienone is 1. The molecule has 1 atom stereocenters. The summed E-state index contributed by atoms with van der Waals surface area (Å²) in [4.78, 5) is 0. The average molecular weight is 269 g/mol. The van der Waals surface area contributed by atoms with E-state index in [0.29, 0.717) is 15.0 Å². The summed E-state index contributed by atoms with van der Waals surface area (Å²) < 4.78 is 2.24. The minimum absolute atomic E-state index is 0.563. The van der Waals surface area contributed by atoms with E-state index in [9.17, 15) is 0 Å². The average Bonchev–Trinajstić information content (AvgIpc) is 2.14. The number of benzene rings is 1. The van der Waals surface area contributed by atoms with Crippen molar-refractivity contribution in [3.8, 4) is 0 Å². The van der Waals surface area contributed by atoms with Crippen molar-refractivity contribution in [2.75, 3.05) is 0 Å². The van der Waals surface area contributed by atoms with Crippen LogP contribution in [0.3, 0.4) is 0 Å². The van der Waals surface area contributed by atoms with Gasteiger partial charge in [0, 0.05) is 0 Å². The minimum atomic E-state index is -1.06. The molecule has 0 saturated carbocycles. The van der Waals surface area contributed by atoms with E-state index in [1.807, 2.05) is 0 Å². The van der Waals surface area contributed by atoms with Crippen LogP contribution in [0.2, 0.25) is 24.1 Å². The predicted molar refractivity (Wildman–Crippen MR) is 69.1 cm³/mol. The molecule has 0 N–H and O–H groups in total. The fourth-order valence-corrected chi connectivity index (χ4v) is 6.69. The van der Waals surface area contributed by atoms with Crippen LogP contribution >= 0.6 is 0 Å². The van der Waals surface area contributed by atoms with Crippen LogP contribution in [0.25, 0.3) is 0 Å². The summed E-state index contributed by atoms with van der Waals surface area (Å²) in [5.74, 6) is 0. The van der Waals surface area contributed by atoms with Crippen LogP contribution in [0.1, 0.15) is 0 Å². The van der Waals surface area contributed by atoms with Gasteiger partial charge in [0.05, 0.1) is 0 Å². The molecule has 0 aliphatic carbocycles. The first kappa shape index (κ1) is 11.8. The molecule has 1 rings (SSSR count). The molecule has 0 bridgehead atoms. The third-order valence-electron chi connectivity index (χ3n) is 2.07. The Morgan fingerprint density at radius 3 is 2.21 bits per heavy atom. The van der Waals surface area contributed by atoms with Crippen molar-refractivity contribution in [2.24, 2.45) is 0 Å². The van der Waals surface area contributed by atoms with E-state index < -0.39 is 8.07 Å². The van der Waals surface area contributed by atoms with E-state index in [0.717, 1.165) is 4.44 Å². The molecule has 0 radical (unpaired) electrons. The van der Waals surface area contributed by atoms with E-state index >= 15 is 0 Å². The monoisotopic (exact) mass is 270 g/mol. The van der Waals surface area contributed by atoms with Gasteiger partial charge in [0.25, 0.3) is 0 Å². The molecule has 0 aliphatic rings. The summed E-state index contributed by atoms with van der Waals surface area (Å²) in [6.45, 7) is 11.2. The van der Waals surface area contributed by atoms with Gasteiger partial charge in [-0.25, -0.2) is 0 Å². The van der Waals surface area contributed by atoms with Crippen LogP contribution in [-0.4, -0.2) is 23.0 Å². The van der Waals surface area contributed by atoms with Gasteiger partial charge < -0.3 is 0 Å². The van der Waals surface area contributed by atoms with E-state index in [1.165, 1.54) is 4.46 Å². The van der Waals surface area contributed by atoms with E-state index in [4.69, 9.17) is 0 Å². The molecule has 0 aliphatic heterocycles. The first-order valence-corrected chi connectivity index (χ1v) is 10.3. The Morgan fingerprint density at radius 1 is 1.21 bits per heavy atom. The second-order valence-electron chi connectivity index (χ2n) is 4.45. The van der Waals surface area contributed by atoms with Gasteiger partial charge in [0.2, 0.25) is 0 Å². The van der Waals surface area contributed by atoms with Crippen molar-refractivity contribution in [1.29, 1.82) is 0 Å². The first-order chi connectivity index (χ1) is 6.54. The van der Waals surface area contributed by atoms with E-state index in [-0.39, 0.29) is 0 Å². The Labute approximate surface area is 94.6 Å². The fourth-order valence-electron chi connectivity index (χ4n) is 1.22. The summed E-state index contributed by atoms with van der Waals surface area (Å²) in [6, 6.07) is 10.8. The predicted octanol–water partition coefficient (Wildman–Crippen LogP) is 2.87. The maximum atomic E-state index is 3.97. The fraction of sp³-hybridized carbons (Fsp3) is 0.333. The molecule has 1 aromatic carbocycles. The normalized spacial score (nSPS) is 13.6. The zero-order valence-corrected chi connectivity index (χ0v) is 11.9. The number of hydrogen-bond donors (Lipinski definition) is 0. The Kier molecular flexibility index (Phi) is 4.18. The first-order valence-electron chi connectivity index (χ1n) is 4.88. The van der Waals surface area contributed by atoms with Crippen LogP contribution in [0.4, 0.5) is 0 Å². The molecule has 0 fully saturated rings. The van der Waals surface area contributed by atoms with Crippen molar-refractivity contribution in [2.45, 2.75) is 24.1 Å². The topological polar surface area (TPSA) is 0 Å². The molecule has 0 amide bonds.